The van der Waals surface area contributed by atoms with Crippen molar-refractivity contribution in [2.24, 2.45) is 10.2 Å². The lowest BCUT2D eigenvalue weighted by Gasteiger charge is -1.84. The van der Waals surface area contributed by atoms with E-state index in [0.717, 1.165) is 5.71 Å². The van der Waals surface area contributed by atoms with E-state index in [9.17, 15) is 0 Å². The third-order valence-corrected chi connectivity index (χ3v) is 1.13. The molecule has 0 atom stereocenters. The molecule has 0 aliphatic rings. The van der Waals surface area contributed by atoms with Crippen LogP contribution in [0, 0.1) is 0 Å². The van der Waals surface area contributed by atoms with Crippen LogP contribution < -0.4 is 5.53 Å². The van der Waals surface area contributed by atoms with Crippen molar-refractivity contribution in [1.82, 2.24) is 5.53 Å². The molecule has 0 heterocycles. The highest BCUT2D eigenvalue weighted by Gasteiger charge is 1.70. The zero-order valence-corrected chi connectivity index (χ0v) is 9.08. The Morgan fingerprint density at radius 2 is 1.50 bits per heavy atom. The summed E-state index contributed by atoms with van der Waals surface area (Å²) in [6, 6.07) is 12.0. The van der Waals surface area contributed by atoms with E-state index in [1.54, 1.807) is 0 Å². The van der Waals surface area contributed by atoms with Gasteiger partial charge in [-0.2, -0.15) is 10.6 Å². The number of thiocarbonyl (C=S) groups is 1. The average Bonchev–Trinajstić information content (AvgIpc) is 2.21. The first-order chi connectivity index (χ1) is 6.77. The van der Waals surface area contributed by atoms with Gasteiger partial charge in [-0.25, -0.2) is 0 Å². The van der Waals surface area contributed by atoms with Gasteiger partial charge in [0.1, 0.15) is 0 Å². The molecular formula is C10H13N3S. The summed E-state index contributed by atoms with van der Waals surface area (Å²) < 4.78 is 0. The predicted molar refractivity (Wildman–Crippen MR) is 63.4 cm³/mol. The molecule has 74 valence electrons. The molecule has 1 rings (SSSR count). The van der Waals surface area contributed by atoms with Crippen LogP contribution >= 0.6 is 12.2 Å². The standard InChI is InChI=1S/C6H6.C4H7N3S/c1-2-4-6-5-3-1;1-4(2)6-7-5-3-8/h1-6H;7H,1-2H3. The first kappa shape index (κ1) is 12.5. The maximum Gasteiger partial charge on any atom is 0.0864 e. The van der Waals surface area contributed by atoms with Gasteiger partial charge in [0.2, 0.25) is 0 Å². The van der Waals surface area contributed by atoms with Crippen molar-refractivity contribution in [1.29, 1.82) is 0 Å². The Morgan fingerprint density at radius 1 is 1.07 bits per heavy atom. The van der Waals surface area contributed by atoms with Crippen LogP contribution in [0.15, 0.2) is 46.6 Å². The number of isothiocyanates is 1. The zero-order chi connectivity index (χ0) is 10.6. The molecule has 1 aromatic carbocycles. The van der Waals surface area contributed by atoms with Crippen LogP contribution in [0.3, 0.4) is 0 Å². The van der Waals surface area contributed by atoms with E-state index in [2.05, 4.69) is 33.1 Å². The van der Waals surface area contributed by atoms with Crippen LogP contribution in [0.5, 0.6) is 0 Å². The van der Waals surface area contributed by atoms with Gasteiger partial charge < -0.3 is 0 Å². The number of rotatable bonds is 2. The zero-order valence-electron chi connectivity index (χ0n) is 8.27. The molecule has 0 fully saturated rings. The summed E-state index contributed by atoms with van der Waals surface area (Å²) in [7, 11) is 0. The minimum atomic E-state index is 0.902. The van der Waals surface area contributed by atoms with Gasteiger partial charge in [-0.05, 0) is 26.1 Å². The highest BCUT2D eigenvalue weighted by atomic mass is 32.1. The van der Waals surface area contributed by atoms with E-state index in [1.807, 2.05) is 50.2 Å². The molecule has 1 aromatic rings. The minimum absolute atomic E-state index is 0.902. The van der Waals surface area contributed by atoms with E-state index in [1.165, 1.54) is 0 Å². The fourth-order valence-corrected chi connectivity index (χ4v) is 0.571. The summed E-state index contributed by atoms with van der Waals surface area (Å²) in [5.41, 5.74) is 3.23. The summed E-state index contributed by atoms with van der Waals surface area (Å²) >= 11 is 4.26. The van der Waals surface area contributed by atoms with E-state index in [4.69, 9.17) is 0 Å². The van der Waals surface area contributed by atoms with Gasteiger partial charge in [-0.15, -0.1) is 5.10 Å². The Kier molecular flexibility index (Phi) is 8.54. The van der Waals surface area contributed by atoms with Crippen LogP contribution in [0.2, 0.25) is 0 Å². The Labute approximate surface area is 89.5 Å². The first-order valence-corrected chi connectivity index (χ1v) is 4.51. The van der Waals surface area contributed by atoms with Crippen LogP contribution in [-0.4, -0.2) is 10.9 Å². The molecule has 0 aliphatic heterocycles. The number of hydrazone groups is 2. The van der Waals surface area contributed by atoms with Gasteiger partial charge in [-0.1, -0.05) is 36.4 Å². The molecule has 0 unspecified atom stereocenters. The average molecular weight is 207 g/mol. The third-order valence-electron chi connectivity index (χ3n) is 1.04. The smallest absolute Gasteiger partial charge is 0.0864 e. The SMILES string of the molecule is CC(C)=NNN=C=S.c1ccccc1. The van der Waals surface area contributed by atoms with E-state index >= 15 is 0 Å². The number of hydrogen-bond donors (Lipinski definition) is 1. The number of benzene rings is 1. The molecular weight excluding hydrogens is 194 g/mol. The third kappa shape index (κ3) is 10.5. The van der Waals surface area contributed by atoms with Gasteiger partial charge in [0.15, 0.2) is 0 Å². The summed E-state index contributed by atoms with van der Waals surface area (Å²) in [5.74, 6) is 0. The molecule has 0 aliphatic carbocycles. The molecule has 14 heavy (non-hydrogen) atoms. The Bertz CT molecular complexity index is 272. The molecule has 0 spiro atoms. The number of nitrogens with zero attached hydrogens (tertiary/aromatic N) is 2. The van der Waals surface area contributed by atoms with Crippen molar-refractivity contribution in [3.8, 4) is 0 Å². The topological polar surface area (TPSA) is 36.8 Å². The number of nitrogens with one attached hydrogen (secondary N) is 1. The fourth-order valence-electron chi connectivity index (χ4n) is 0.530. The Hall–Kier alpha value is -1.51. The van der Waals surface area contributed by atoms with Gasteiger partial charge in [-0.3, -0.25) is 0 Å². The van der Waals surface area contributed by atoms with E-state index < -0.39 is 0 Å². The minimum Gasteiger partial charge on any atom is -0.189 e. The predicted octanol–water partition coefficient (Wildman–Crippen LogP) is 2.68. The van der Waals surface area contributed by atoms with Crippen molar-refractivity contribution in [2.75, 3.05) is 0 Å². The van der Waals surface area contributed by atoms with Crippen LogP contribution in [0.1, 0.15) is 13.8 Å². The van der Waals surface area contributed by atoms with Crippen molar-refractivity contribution >= 4 is 23.1 Å². The van der Waals surface area contributed by atoms with Crippen molar-refractivity contribution in [3.63, 3.8) is 0 Å². The second kappa shape index (κ2) is 9.58. The molecule has 0 aromatic heterocycles. The number of hydrogen-bond acceptors (Lipinski definition) is 4. The first-order valence-electron chi connectivity index (χ1n) is 4.10. The summed E-state index contributed by atoms with van der Waals surface area (Å²) in [6.07, 6.45) is 0. The van der Waals surface area contributed by atoms with Gasteiger partial charge in [0, 0.05) is 5.71 Å². The molecule has 0 saturated heterocycles. The summed E-state index contributed by atoms with van der Waals surface area (Å²) in [5, 5.41) is 9.14. The highest BCUT2D eigenvalue weighted by molar-refractivity contribution is 7.78. The maximum atomic E-state index is 4.26. The second-order valence-corrected chi connectivity index (χ2v) is 2.70. The van der Waals surface area contributed by atoms with Gasteiger partial charge in [0.25, 0.3) is 0 Å². The molecule has 3 nitrogen and oxygen atoms in total. The quantitative estimate of drug-likeness (QED) is 0.460. The Balaban J connectivity index is 0.000000249. The largest absolute Gasteiger partial charge is 0.189 e. The van der Waals surface area contributed by atoms with Crippen LogP contribution in [0.25, 0.3) is 0 Å². The van der Waals surface area contributed by atoms with Crippen molar-refractivity contribution in [2.45, 2.75) is 13.8 Å². The lowest BCUT2D eigenvalue weighted by Crippen LogP contribution is -1.95. The molecule has 1 N–H and O–H groups in total. The summed E-state index contributed by atoms with van der Waals surface area (Å²) in [6.45, 7) is 3.71. The molecule has 0 saturated carbocycles. The molecule has 4 heteroatoms. The van der Waals surface area contributed by atoms with Crippen molar-refractivity contribution < 1.29 is 0 Å². The lowest BCUT2D eigenvalue weighted by molar-refractivity contribution is 0.814. The van der Waals surface area contributed by atoms with Gasteiger partial charge >= 0.3 is 0 Å². The molecule has 0 amide bonds. The van der Waals surface area contributed by atoms with E-state index in [0.29, 0.717) is 0 Å². The summed E-state index contributed by atoms with van der Waals surface area (Å²) in [4.78, 5) is 0. The fraction of sp³-hybridized carbons (Fsp3) is 0.200. The van der Waals surface area contributed by atoms with Crippen molar-refractivity contribution in [3.05, 3.63) is 36.4 Å². The highest BCUT2D eigenvalue weighted by Crippen LogP contribution is 1.79. The van der Waals surface area contributed by atoms with E-state index in [-0.39, 0.29) is 0 Å². The second-order valence-electron chi connectivity index (χ2n) is 2.52. The van der Waals surface area contributed by atoms with Gasteiger partial charge in [0.05, 0.1) is 5.16 Å². The lowest BCUT2D eigenvalue weighted by atomic mass is 10.4. The van der Waals surface area contributed by atoms with Crippen LogP contribution in [0.4, 0.5) is 0 Å². The Morgan fingerprint density at radius 3 is 1.79 bits per heavy atom. The molecule has 0 radical (unpaired) electrons. The monoisotopic (exact) mass is 207 g/mol. The van der Waals surface area contributed by atoms with Crippen LogP contribution in [-0.2, 0) is 0 Å². The normalized spacial score (nSPS) is 7.29. The molecule has 0 bridgehead atoms. The maximum absolute atomic E-state index is 4.26.